The van der Waals surface area contributed by atoms with Gasteiger partial charge in [0.25, 0.3) is 0 Å². The van der Waals surface area contributed by atoms with Crippen molar-refractivity contribution in [3.8, 4) is 0 Å². The lowest BCUT2D eigenvalue weighted by atomic mass is 9.98. The Labute approximate surface area is 224 Å². The van der Waals surface area contributed by atoms with Gasteiger partial charge in [-0.05, 0) is 44.1 Å². The number of carbonyl (C=O) groups is 4. The van der Waals surface area contributed by atoms with Gasteiger partial charge in [0.2, 0.25) is 23.6 Å². The van der Waals surface area contributed by atoms with Crippen molar-refractivity contribution in [1.29, 1.82) is 0 Å². The van der Waals surface area contributed by atoms with Gasteiger partial charge < -0.3 is 27.0 Å². The molecule has 1 heterocycles. The van der Waals surface area contributed by atoms with Crippen molar-refractivity contribution in [3.63, 3.8) is 0 Å². The van der Waals surface area contributed by atoms with Crippen LogP contribution in [0.4, 0.5) is 0 Å². The quantitative estimate of drug-likeness (QED) is 0.210. The predicted octanol–water partition coefficient (Wildman–Crippen LogP) is 2.91. The average Bonchev–Trinajstić information content (AvgIpc) is 2.86. The van der Waals surface area contributed by atoms with Crippen molar-refractivity contribution in [1.82, 2.24) is 21.3 Å². The first-order valence-electron chi connectivity index (χ1n) is 14.5. The lowest BCUT2D eigenvalue weighted by Gasteiger charge is -2.27. The van der Waals surface area contributed by atoms with Gasteiger partial charge in [-0.2, -0.15) is 0 Å². The van der Waals surface area contributed by atoms with Crippen molar-refractivity contribution in [3.05, 3.63) is 0 Å². The molecule has 0 aromatic heterocycles. The Morgan fingerprint density at radius 1 is 0.784 bits per heavy atom. The Balaban J connectivity index is 2.74. The Kier molecular flexibility index (Phi) is 16.9. The van der Waals surface area contributed by atoms with Crippen molar-refractivity contribution < 1.29 is 19.2 Å². The summed E-state index contributed by atoms with van der Waals surface area (Å²) in [5, 5.41) is 11.2. The summed E-state index contributed by atoms with van der Waals surface area (Å²) in [6, 6.07) is -1.88. The monoisotopic (exact) mass is 523 g/mol. The third-order valence-corrected chi connectivity index (χ3v) is 7.27. The van der Waals surface area contributed by atoms with E-state index in [2.05, 4.69) is 35.1 Å². The SMILES string of the molecule is CCC(C)CCCCCCCCC1CC(=O)NCC(=O)N[C@@H](CCCCN)C(=O)N[C@@H](C(C)C)C(=O)N1. The van der Waals surface area contributed by atoms with Gasteiger partial charge in [-0.25, -0.2) is 0 Å². The number of hydrogen-bond acceptors (Lipinski definition) is 5. The van der Waals surface area contributed by atoms with E-state index in [1.54, 1.807) is 0 Å². The molecule has 6 N–H and O–H groups in total. The number of nitrogens with one attached hydrogen (secondary N) is 4. The second-order valence-electron chi connectivity index (χ2n) is 11.0. The second kappa shape index (κ2) is 19.0. The van der Waals surface area contributed by atoms with Crippen LogP contribution in [0.15, 0.2) is 0 Å². The minimum Gasteiger partial charge on any atom is -0.351 e. The number of unbranched alkanes of at least 4 members (excludes halogenated alkanes) is 6. The van der Waals surface area contributed by atoms with Crippen LogP contribution < -0.4 is 27.0 Å². The summed E-state index contributed by atoms with van der Waals surface area (Å²) in [6.07, 6.45) is 11.9. The Morgan fingerprint density at radius 2 is 1.43 bits per heavy atom. The summed E-state index contributed by atoms with van der Waals surface area (Å²) in [4.78, 5) is 51.2. The van der Waals surface area contributed by atoms with Crippen LogP contribution in [0.5, 0.6) is 0 Å². The highest BCUT2D eigenvalue weighted by atomic mass is 16.2. The van der Waals surface area contributed by atoms with E-state index in [0.717, 1.165) is 31.6 Å². The first kappa shape index (κ1) is 32.9. The predicted molar refractivity (Wildman–Crippen MR) is 148 cm³/mol. The fourth-order valence-electron chi connectivity index (χ4n) is 4.58. The van der Waals surface area contributed by atoms with Crippen LogP contribution in [0.1, 0.15) is 111 Å². The van der Waals surface area contributed by atoms with Crippen LogP contribution in [-0.4, -0.2) is 54.8 Å². The molecular formula is C28H53N5O4. The molecule has 1 rings (SSSR count). The van der Waals surface area contributed by atoms with Crippen molar-refractivity contribution in [2.45, 2.75) is 129 Å². The third-order valence-electron chi connectivity index (χ3n) is 7.27. The highest BCUT2D eigenvalue weighted by Crippen LogP contribution is 2.16. The molecule has 4 amide bonds. The first-order valence-corrected chi connectivity index (χ1v) is 14.5. The molecule has 0 aromatic rings. The molecule has 0 bridgehead atoms. The van der Waals surface area contributed by atoms with E-state index in [1.807, 2.05) is 13.8 Å². The van der Waals surface area contributed by atoms with Gasteiger partial charge >= 0.3 is 0 Å². The Morgan fingerprint density at radius 3 is 2.08 bits per heavy atom. The van der Waals surface area contributed by atoms with Crippen LogP contribution in [-0.2, 0) is 19.2 Å². The molecule has 9 nitrogen and oxygen atoms in total. The molecule has 0 spiro atoms. The fraction of sp³-hybridized carbons (Fsp3) is 0.857. The van der Waals surface area contributed by atoms with Crippen molar-refractivity contribution >= 4 is 23.6 Å². The molecule has 0 saturated carbocycles. The number of nitrogens with two attached hydrogens (primary N) is 1. The first-order chi connectivity index (χ1) is 17.7. The third kappa shape index (κ3) is 14.4. The van der Waals surface area contributed by atoms with E-state index < -0.39 is 23.9 Å². The van der Waals surface area contributed by atoms with Gasteiger partial charge in [0.05, 0.1) is 6.54 Å². The van der Waals surface area contributed by atoms with Crippen molar-refractivity contribution in [2.24, 2.45) is 17.6 Å². The number of carbonyl (C=O) groups excluding carboxylic acids is 4. The lowest BCUT2D eigenvalue weighted by Crippen LogP contribution is -2.56. The zero-order valence-corrected chi connectivity index (χ0v) is 23.7. The molecule has 37 heavy (non-hydrogen) atoms. The number of rotatable bonds is 15. The van der Waals surface area contributed by atoms with Crippen LogP contribution in [0, 0.1) is 11.8 Å². The highest BCUT2D eigenvalue weighted by Gasteiger charge is 2.30. The minimum atomic E-state index is -0.785. The van der Waals surface area contributed by atoms with Crippen LogP contribution in [0.3, 0.4) is 0 Å². The van der Waals surface area contributed by atoms with Crippen LogP contribution >= 0.6 is 0 Å². The molecule has 1 aliphatic rings. The van der Waals surface area contributed by atoms with E-state index in [1.165, 1.54) is 32.1 Å². The highest BCUT2D eigenvalue weighted by molar-refractivity contribution is 5.94. The van der Waals surface area contributed by atoms with Gasteiger partial charge in [-0.1, -0.05) is 79.1 Å². The zero-order valence-electron chi connectivity index (χ0n) is 23.7. The van der Waals surface area contributed by atoms with E-state index in [9.17, 15) is 19.2 Å². The Hall–Kier alpha value is -2.16. The molecule has 0 radical (unpaired) electrons. The number of amides is 4. The summed E-state index contributed by atoms with van der Waals surface area (Å²) >= 11 is 0. The maximum Gasteiger partial charge on any atom is 0.243 e. The van der Waals surface area contributed by atoms with E-state index in [0.29, 0.717) is 25.8 Å². The van der Waals surface area contributed by atoms with Gasteiger partial charge in [0.15, 0.2) is 0 Å². The van der Waals surface area contributed by atoms with E-state index in [-0.39, 0.29) is 36.7 Å². The standard InChI is InChI=1S/C28H53N5O4/c1-5-21(4)14-10-8-6-7-9-11-15-22-18-24(34)30-19-25(35)32-23(16-12-13-17-29)27(36)33-26(20(2)3)28(37)31-22/h20-23,26H,5-19,29H2,1-4H3,(H,30,34)(H,31,37)(H,32,35)(H,33,36)/t21?,22?,23-,26-/m0/s1. The zero-order chi connectivity index (χ0) is 27.6. The summed E-state index contributed by atoms with van der Waals surface area (Å²) in [5.41, 5.74) is 5.57. The van der Waals surface area contributed by atoms with Gasteiger partial charge in [-0.3, -0.25) is 19.2 Å². The molecule has 2 unspecified atom stereocenters. The summed E-state index contributed by atoms with van der Waals surface area (Å²) < 4.78 is 0. The van der Waals surface area contributed by atoms with E-state index in [4.69, 9.17) is 5.73 Å². The molecule has 1 fully saturated rings. The minimum absolute atomic E-state index is 0.104. The molecule has 214 valence electrons. The second-order valence-corrected chi connectivity index (χ2v) is 11.0. The van der Waals surface area contributed by atoms with Gasteiger partial charge in [0.1, 0.15) is 12.1 Å². The van der Waals surface area contributed by atoms with E-state index >= 15 is 0 Å². The van der Waals surface area contributed by atoms with Gasteiger partial charge in [0, 0.05) is 12.5 Å². The fourth-order valence-corrected chi connectivity index (χ4v) is 4.58. The summed E-state index contributed by atoms with van der Waals surface area (Å²) in [5.74, 6) is -0.755. The molecule has 0 aromatic carbocycles. The molecular weight excluding hydrogens is 470 g/mol. The molecule has 1 saturated heterocycles. The molecule has 9 heteroatoms. The van der Waals surface area contributed by atoms with Crippen LogP contribution in [0.25, 0.3) is 0 Å². The number of hydrogen-bond donors (Lipinski definition) is 5. The topological polar surface area (TPSA) is 142 Å². The maximum absolute atomic E-state index is 13.2. The van der Waals surface area contributed by atoms with Crippen LogP contribution in [0.2, 0.25) is 0 Å². The summed E-state index contributed by atoms with van der Waals surface area (Å²) in [7, 11) is 0. The summed E-state index contributed by atoms with van der Waals surface area (Å²) in [6.45, 7) is 8.57. The maximum atomic E-state index is 13.2. The molecule has 0 aliphatic carbocycles. The molecule has 4 atom stereocenters. The smallest absolute Gasteiger partial charge is 0.243 e. The molecule has 1 aliphatic heterocycles. The van der Waals surface area contributed by atoms with Gasteiger partial charge in [-0.15, -0.1) is 0 Å². The lowest BCUT2D eigenvalue weighted by molar-refractivity contribution is -0.133. The largest absolute Gasteiger partial charge is 0.351 e. The normalized spacial score (nSPS) is 22.7. The average molecular weight is 524 g/mol. The Bertz CT molecular complexity index is 700. The van der Waals surface area contributed by atoms with Crippen molar-refractivity contribution in [2.75, 3.05) is 13.1 Å².